The quantitative estimate of drug-likeness (QED) is 0.536. The van der Waals surface area contributed by atoms with Crippen LogP contribution in [0.3, 0.4) is 0 Å². The number of esters is 1. The fourth-order valence-electron chi connectivity index (χ4n) is 2.51. The lowest BCUT2D eigenvalue weighted by atomic mass is 10.1. The van der Waals surface area contributed by atoms with Crippen LogP contribution in [-0.4, -0.2) is 31.3 Å². The summed E-state index contributed by atoms with van der Waals surface area (Å²) in [6.45, 7) is 1.63. The number of benzene rings is 2. The van der Waals surface area contributed by atoms with Crippen LogP contribution in [-0.2, 0) is 14.3 Å². The fraction of sp³-hybridized carbons (Fsp3) is 0.150. The van der Waals surface area contributed by atoms with Crippen LogP contribution in [0.2, 0.25) is 0 Å². The highest BCUT2D eigenvalue weighted by molar-refractivity contribution is 9.10. The number of anilines is 1. The highest BCUT2D eigenvalue weighted by Crippen LogP contribution is 2.29. The second-order valence-electron chi connectivity index (χ2n) is 5.75. The summed E-state index contributed by atoms with van der Waals surface area (Å²) in [5.74, 6) is -0.130. The molecule has 2 aromatic rings. The minimum Gasteiger partial charge on any atom is -0.481 e. The minimum atomic E-state index is -0.461. The van der Waals surface area contributed by atoms with Gasteiger partial charge in [0.15, 0.2) is 6.61 Å². The number of nitrogens with zero attached hydrogens (tertiary/aromatic N) is 2. The topological polar surface area (TPSA) is 68.2 Å². The molecule has 0 saturated carbocycles. The molecule has 0 unspecified atom stereocenters. The Bertz CT molecular complexity index is 938. The molecular weight excluding hydrogens is 412 g/mol. The second-order valence-corrected chi connectivity index (χ2v) is 6.60. The summed E-state index contributed by atoms with van der Waals surface area (Å²) >= 11 is 3.42. The molecule has 0 aromatic heterocycles. The number of carbonyl (C=O) groups is 2. The lowest BCUT2D eigenvalue weighted by molar-refractivity contribution is -0.142. The van der Waals surface area contributed by atoms with Crippen molar-refractivity contribution in [2.75, 3.05) is 18.7 Å². The maximum atomic E-state index is 12.7. The van der Waals surface area contributed by atoms with Gasteiger partial charge in [0.05, 0.1) is 28.6 Å². The molecule has 0 N–H and O–H groups in total. The molecule has 2 aromatic carbocycles. The summed E-state index contributed by atoms with van der Waals surface area (Å²) in [5.41, 5.74) is 2.69. The number of para-hydroxylation sites is 1. The predicted octanol–water partition coefficient (Wildman–Crippen LogP) is 3.81. The van der Waals surface area contributed by atoms with Crippen molar-refractivity contribution in [3.8, 4) is 5.75 Å². The summed E-state index contributed by atoms with van der Waals surface area (Å²) in [7, 11) is 1.30. The molecule has 1 heterocycles. The number of ether oxygens (including phenoxy) is 2. The van der Waals surface area contributed by atoms with E-state index >= 15 is 0 Å². The Labute approximate surface area is 165 Å². The van der Waals surface area contributed by atoms with Gasteiger partial charge in [-0.2, -0.15) is 10.1 Å². The van der Waals surface area contributed by atoms with Gasteiger partial charge in [0.25, 0.3) is 5.91 Å². The van der Waals surface area contributed by atoms with E-state index in [0.29, 0.717) is 21.5 Å². The van der Waals surface area contributed by atoms with Crippen LogP contribution in [0.5, 0.6) is 5.75 Å². The third-order valence-corrected chi connectivity index (χ3v) is 4.52. The zero-order valence-corrected chi connectivity index (χ0v) is 16.4. The Morgan fingerprint density at radius 1 is 1.22 bits per heavy atom. The molecular formula is C20H17BrN2O4. The van der Waals surface area contributed by atoms with Gasteiger partial charge < -0.3 is 9.47 Å². The summed E-state index contributed by atoms with van der Waals surface area (Å²) in [4.78, 5) is 23.9. The molecule has 0 fully saturated rings. The van der Waals surface area contributed by atoms with E-state index in [9.17, 15) is 9.59 Å². The van der Waals surface area contributed by atoms with Gasteiger partial charge in [0, 0.05) is 0 Å². The van der Waals surface area contributed by atoms with Crippen molar-refractivity contribution >= 4 is 45.3 Å². The van der Waals surface area contributed by atoms with Crippen LogP contribution >= 0.6 is 15.9 Å². The summed E-state index contributed by atoms with van der Waals surface area (Å²) in [6.07, 6.45) is 1.78. The molecule has 7 heteroatoms. The maximum absolute atomic E-state index is 12.7. The van der Waals surface area contributed by atoms with Gasteiger partial charge in [-0.25, -0.2) is 4.79 Å². The van der Waals surface area contributed by atoms with Crippen LogP contribution in [0.1, 0.15) is 12.5 Å². The van der Waals surface area contributed by atoms with Crippen molar-refractivity contribution in [2.24, 2.45) is 5.10 Å². The van der Waals surface area contributed by atoms with Gasteiger partial charge in [0.1, 0.15) is 5.75 Å². The molecule has 1 aliphatic heterocycles. The van der Waals surface area contributed by atoms with E-state index in [0.717, 1.165) is 11.3 Å². The van der Waals surface area contributed by atoms with Crippen LogP contribution in [0, 0.1) is 0 Å². The molecule has 3 rings (SSSR count). The van der Waals surface area contributed by atoms with E-state index in [2.05, 4.69) is 25.8 Å². The molecule has 0 aliphatic carbocycles. The third-order valence-electron chi connectivity index (χ3n) is 3.90. The van der Waals surface area contributed by atoms with Gasteiger partial charge in [-0.1, -0.05) is 24.3 Å². The molecule has 138 valence electrons. The highest BCUT2D eigenvalue weighted by atomic mass is 79.9. The molecule has 0 atom stereocenters. The maximum Gasteiger partial charge on any atom is 0.343 e. The van der Waals surface area contributed by atoms with E-state index in [1.165, 1.54) is 12.1 Å². The molecule has 0 spiro atoms. The van der Waals surface area contributed by atoms with Gasteiger partial charge >= 0.3 is 5.97 Å². The largest absolute Gasteiger partial charge is 0.481 e. The first kappa shape index (κ1) is 18.8. The Morgan fingerprint density at radius 2 is 1.96 bits per heavy atom. The number of rotatable bonds is 5. The van der Waals surface area contributed by atoms with E-state index in [-0.39, 0.29) is 12.5 Å². The van der Waals surface area contributed by atoms with Crippen LogP contribution in [0.4, 0.5) is 5.69 Å². The van der Waals surface area contributed by atoms with E-state index in [1.54, 1.807) is 25.1 Å². The number of carbonyl (C=O) groups excluding carboxylic acids is 2. The minimum absolute atomic E-state index is 0.175. The zero-order chi connectivity index (χ0) is 19.4. The monoisotopic (exact) mass is 428 g/mol. The first-order valence-corrected chi connectivity index (χ1v) is 8.95. The SMILES string of the molecule is COC(=O)COc1ccc(C=C2C(=O)N(c3ccccc3)N=C2C)cc1Br. The molecule has 27 heavy (non-hydrogen) atoms. The van der Waals surface area contributed by atoms with E-state index in [4.69, 9.17) is 4.74 Å². The standard InChI is InChI=1S/C20H17BrN2O4/c1-13-16(20(25)23(22-13)15-6-4-3-5-7-15)10-14-8-9-18(17(21)11-14)27-12-19(24)26-2/h3-11H,12H2,1-2H3. The van der Waals surface area contributed by atoms with Gasteiger partial charge in [-0.15, -0.1) is 0 Å². The van der Waals surface area contributed by atoms with Crippen molar-refractivity contribution < 1.29 is 19.1 Å². The lowest BCUT2D eigenvalue weighted by Crippen LogP contribution is -2.21. The van der Waals surface area contributed by atoms with Crippen molar-refractivity contribution in [1.82, 2.24) is 0 Å². The predicted molar refractivity (Wildman–Crippen MR) is 107 cm³/mol. The first-order chi connectivity index (χ1) is 13.0. The average molecular weight is 429 g/mol. The molecule has 1 aliphatic rings. The van der Waals surface area contributed by atoms with Crippen molar-refractivity contribution in [3.05, 3.63) is 64.1 Å². The van der Waals surface area contributed by atoms with Crippen LogP contribution in [0.25, 0.3) is 6.08 Å². The number of hydrazone groups is 1. The smallest absolute Gasteiger partial charge is 0.343 e. The number of hydrogen-bond acceptors (Lipinski definition) is 5. The molecule has 0 bridgehead atoms. The zero-order valence-electron chi connectivity index (χ0n) is 14.8. The normalized spacial score (nSPS) is 15.1. The summed E-state index contributed by atoms with van der Waals surface area (Å²) < 4.78 is 10.6. The molecule has 0 radical (unpaired) electrons. The first-order valence-electron chi connectivity index (χ1n) is 8.15. The Kier molecular flexibility index (Phi) is 5.71. The average Bonchev–Trinajstić information content (AvgIpc) is 2.96. The number of amides is 1. The van der Waals surface area contributed by atoms with Crippen molar-refractivity contribution in [2.45, 2.75) is 6.92 Å². The van der Waals surface area contributed by atoms with Crippen LogP contribution in [0.15, 0.2) is 63.7 Å². The highest BCUT2D eigenvalue weighted by Gasteiger charge is 2.28. The fourth-order valence-corrected chi connectivity index (χ4v) is 3.03. The van der Waals surface area contributed by atoms with Gasteiger partial charge in [-0.05, 0) is 58.8 Å². The van der Waals surface area contributed by atoms with Gasteiger partial charge in [-0.3, -0.25) is 4.79 Å². The van der Waals surface area contributed by atoms with E-state index in [1.807, 2.05) is 36.4 Å². The second kappa shape index (κ2) is 8.18. The Balaban J connectivity index is 1.80. The summed E-state index contributed by atoms with van der Waals surface area (Å²) in [5, 5.41) is 5.75. The Hall–Kier alpha value is -2.93. The van der Waals surface area contributed by atoms with Crippen LogP contribution < -0.4 is 9.75 Å². The number of methoxy groups -OCH3 is 1. The van der Waals surface area contributed by atoms with Crippen molar-refractivity contribution in [1.29, 1.82) is 0 Å². The van der Waals surface area contributed by atoms with E-state index < -0.39 is 5.97 Å². The Morgan fingerprint density at radius 3 is 2.63 bits per heavy atom. The number of hydrogen-bond donors (Lipinski definition) is 0. The van der Waals surface area contributed by atoms with Gasteiger partial charge in [0.2, 0.25) is 0 Å². The molecule has 6 nitrogen and oxygen atoms in total. The molecule has 1 amide bonds. The lowest BCUT2D eigenvalue weighted by Gasteiger charge is -2.11. The number of halogens is 1. The van der Waals surface area contributed by atoms with Crippen molar-refractivity contribution in [3.63, 3.8) is 0 Å². The molecule has 0 saturated heterocycles. The summed E-state index contributed by atoms with van der Waals surface area (Å²) in [6, 6.07) is 14.6. The third kappa shape index (κ3) is 4.25.